The maximum Gasteiger partial charge on any atom is 0.163 e. The van der Waals surface area contributed by atoms with Crippen LogP contribution in [-0.4, -0.2) is 64.3 Å². The molecular weight excluding hydrogens is 366 g/mol. The number of aromatic amines is 1. The lowest BCUT2D eigenvalue weighted by Crippen LogP contribution is -2.47. The van der Waals surface area contributed by atoms with Gasteiger partial charge in [0.15, 0.2) is 7.85 Å². The third kappa shape index (κ3) is 4.10. The van der Waals surface area contributed by atoms with E-state index >= 15 is 0 Å². The van der Waals surface area contributed by atoms with E-state index in [-0.39, 0.29) is 0 Å². The Balaban J connectivity index is 1.68. The fraction of sp³-hybridized carbons (Fsp3) is 0.429. The van der Waals surface area contributed by atoms with Crippen molar-refractivity contribution in [2.24, 2.45) is 5.73 Å². The van der Waals surface area contributed by atoms with E-state index in [0.29, 0.717) is 6.04 Å². The zero-order chi connectivity index (χ0) is 21.3. The molecule has 2 aromatic heterocycles. The molecule has 3 aromatic rings. The van der Waals surface area contributed by atoms with Gasteiger partial charge in [-0.05, 0) is 62.4 Å². The van der Waals surface area contributed by atoms with Crippen LogP contribution in [0.15, 0.2) is 18.2 Å². The maximum atomic E-state index is 5.80. The van der Waals surface area contributed by atoms with Crippen molar-refractivity contribution in [3.63, 3.8) is 0 Å². The van der Waals surface area contributed by atoms with Gasteiger partial charge in [-0.15, -0.1) is 0 Å². The number of rotatable bonds is 7. The molecule has 0 amide bonds. The normalized spacial score (nSPS) is 16.3. The third-order valence-corrected chi connectivity index (χ3v) is 6.83. The monoisotopic (exact) mass is 397 g/mol. The zero-order valence-electron chi connectivity index (χ0n) is 18.9. The lowest BCUT2D eigenvalue weighted by Gasteiger charge is -2.36. The van der Waals surface area contributed by atoms with Crippen LogP contribution in [0.2, 0.25) is 0 Å². The number of nitrogens with one attached hydrogen (secondary N) is 1. The summed E-state index contributed by atoms with van der Waals surface area (Å²) in [6.07, 6.45) is 5.67. The highest BCUT2D eigenvalue weighted by molar-refractivity contribution is 6.56. The molecule has 1 aromatic carbocycles. The number of fused-ring (bicyclic) bond motifs is 2. The molecule has 0 fully saturated rings. The smallest absolute Gasteiger partial charge is 0.163 e. The number of hydrogen-bond acceptors (Lipinski definition) is 4. The Kier molecular flexibility index (Phi) is 6.40. The molecule has 0 aliphatic heterocycles. The molecule has 1 atom stereocenters. The first-order valence-corrected chi connectivity index (χ1v) is 11.3. The number of unbranched alkanes of at least 4 members (excludes halogenated alkanes) is 1. The molecule has 4 rings (SSSR count). The van der Waals surface area contributed by atoms with Crippen molar-refractivity contribution in [3.8, 4) is 0 Å². The van der Waals surface area contributed by atoms with Gasteiger partial charge in [0.2, 0.25) is 0 Å². The Labute approximate surface area is 183 Å². The number of imidazole rings is 1. The Morgan fingerprint density at radius 2 is 1.93 bits per heavy atom. The van der Waals surface area contributed by atoms with Crippen LogP contribution in [0, 0.1) is 0 Å². The van der Waals surface area contributed by atoms with Gasteiger partial charge in [-0.3, -0.25) is 9.88 Å². The minimum atomic E-state index is 0.346. The van der Waals surface area contributed by atoms with E-state index in [0.717, 1.165) is 62.2 Å². The van der Waals surface area contributed by atoms with Gasteiger partial charge in [-0.25, -0.2) is 4.98 Å². The summed E-state index contributed by atoms with van der Waals surface area (Å²) in [6, 6.07) is 6.68. The van der Waals surface area contributed by atoms with E-state index in [1.165, 1.54) is 39.7 Å². The van der Waals surface area contributed by atoms with Gasteiger partial charge in [-0.1, -0.05) is 28.5 Å². The number of benzene rings is 1. The summed E-state index contributed by atoms with van der Waals surface area (Å²) >= 11 is 0. The summed E-state index contributed by atoms with van der Waals surface area (Å²) in [5.74, 6) is 1.04. The molecule has 1 aliphatic carbocycles. The highest BCUT2D eigenvalue weighted by Crippen LogP contribution is 2.32. The number of nitrogens with zero attached hydrogens (tertiary/aromatic N) is 3. The van der Waals surface area contributed by atoms with Gasteiger partial charge in [0.1, 0.15) is 29.4 Å². The average molecular weight is 397 g/mol. The summed E-state index contributed by atoms with van der Waals surface area (Å²) in [5.41, 5.74) is 15.9. The van der Waals surface area contributed by atoms with E-state index in [9.17, 15) is 0 Å². The molecule has 0 spiro atoms. The molecule has 3 N–H and O–H groups in total. The molecular formula is C21H31B4N5. The number of nitrogens with two attached hydrogens (primary N) is 1. The van der Waals surface area contributed by atoms with Crippen molar-refractivity contribution in [1.29, 1.82) is 0 Å². The minimum Gasteiger partial charge on any atom is -0.341 e. The van der Waals surface area contributed by atoms with Gasteiger partial charge >= 0.3 is 0 Å². The number of hydrogen-bond donors (Lipinski definition) is 2. The Morgan fingerprint density at radius 1 is 1.10 bits per heavy atom. The Morgan fingerprint density at radius 3 is 2.70 bits per heavy atom. The van der Waals surface area contributed by atoms with Crippen LogP contribution in [-0.2, 0) is 13.0 Å². The predicted molar refractivity (Wildman–Crippen MR) is 137 cm³/mol. The second-order valence-corrected chi connectivity index (χ2v) is 8.84. The van der Waals surface area contributed by atoms with E-state index < -0.39 is 0 Å². The van der Waals surface area contributed by atoms with Gasteiger partial charge in [-0.2, -0.15) is 0 Å². The lowest BCUT2D eigenvalue weighted by atomic mass is 9.70. The van der Waals surface area contributed by atoms with Gasteiger partial charge in [0.05, 0.1) is 29.3 Å². The maximum absolute atomic E-state index is 5.80. The van der Waals surface area contributed by atoms with E-state index in [1.807, 2.05) is 0 Å². The summed E-state index contributed by atoms with van der Waals surface area (Å²) in [6.45, 7) is 2.58. The third-order valence-electron chi connectivity index (χ3n) is 6.83. The minimum absolute atomic E-state index is 0.346. The van der Waals surface area contributed by atoms with Gasteiger partial charge in [0.25, 0.3) is 0 Å². The molecule has 5 nitrogen and oxygen atoms in total. The van der Waals surface area contributed by atoms with E-state index in [4.69, 9.17) is 15.7 Å². The number of para-hydroxylation sites is 1. The lowest BCUT2D eigenvalue weighted by molar-refractivity contribution is 0.160. The quantitative estimate of drug-likeness (QED) is 0.323. The van der Waals surface area contributed by atoms with Crippen molar-refractivity contribution in [3.05, 3.63) is 35.3 Å². The fourth-order valence-electron chi connectivity index (χ4n) is 4.88. The molecule has 0 saturated carbocycles. The van der Waals surface area contributed by atoms with Crippen molar-refractivity contribution < 1.29 is 0 Å². The second-order valence-electron chi connectivity index (χ2n) is 8.84. The summed E-state index contributed by atoms with van der Waals surface area (Å²) in [5, 5.41) is 0. The summed E-state index contributed by atoms with van der Waals surface area (Å²) < 4.78 is 0. The topological polar surface area (TPSA) is 70.8 Å². The van der Waals surface area contributed by atoms with Crippen LogP contribution >= 0.6 is 0 Å². The van der Waals surface area contributed by atoms with Crippen molar-refractivity contribution in [2.45, 2.75) is 44.7 Å². The molecule has 0 bridgehead atoms. The molecule has 0 saturated heterocycles. The molecule has 1 aliphatic rings. The molecule has 0 radical (unpaired) electrons. The van der Waals surface area contributed by atoms with Crippen molar-refractivity contribution in [2.75, 3.05) is 13.1 Å². The molecule has 9 heteroatoms. The SMILES string of the molecule is Bc1nc2c(c(B)c1B)CCC[C@@H]2N(CCCCN)Cc1nc2c(B)cccc2[nH]1. The fourth-order valence-corrected chi connectivity index (χ4v) is 4.88. The first-order valence-electron chi connectivity index (χ1n) is 11.3. The van der Waals surface area contributed by atoms with E-state index in [2.05, 4.69) is 59.5 Å². The predicted octanol–water partition coefficient (Wildman–Crippen LogP) is -3.39. The number of H-pyrrole nitrogens is 1. The van der Waals surface area contributed by atoms with Gasteiger partial charge < -0.3 is 10.7 Å². The molecule has 0 unspecified atom stereocenters. The second kappa shape index (κ2) is 9.03. The van der Waals surface area contributed by atoms with Crippen LogP contribution in [0.4, 0.5) is 0 Å². The molecule has 30 heavy (non-hydrogen) atoms. The zero-order valence-corrected chi connectivity index (χ0v) is 18.9. The average Bonchev–Trinajstić information content (AvgIpc) is 3.15. The van der Waals surface area contributed by atoms with Crippen LogP contribution in [0.3, 0.4) is 0 Å². The van der Waals surface area contributed by atoms with Crippen LogP contribution in [0.1, 0.15) is 48.8 Å². The highest BCUT2D eigenvalue weighted by Gasteiger charge is 2.29. The Bertz CT molecular complexity index is 1050. The largest absolute Gasteiger partial charge is 0.341 e. The summed E-state index contributed by atoms with van der Waals surface area (Å²) in [7, 11) is 8.75. The van der Waals surface area contributed by atoms with Crippen molar-refractivity contribution >= 4 is 64.4 Å². The van der Waals surface area contributed by atoms with Crippen molar-refractivity contribution in [1.82, 2.24) is 19.9 Å². The standard InChI is InChI=1S/C21H31B4N5/c22-13-6-4-7-14-20(13)28-16(27-14)11-30(10-2-1-9-26)15-8-3-5-12-17(23)18(24)21(25)29-19(12)15/h4,6-7,15H,1-3,5,8-11,22-26H2,(H,27,28)/t15-/m0/s1. The number of pyridine rings is 1. The van der Waals surface area contributed by atoms with E-state index in [1.54, 1.807) is 0 Å². The van der Waals surface area contributed by atoms with Crippen LogP contribution in [0.5, 0.6) is 0 Å². The van der Waals surface area contributed by atoms with Crippen LogP contribution in [0.25, 0.3) is 11.0 Å². The molecule has 2 heterocycles. The number of aromatic nitrogens is 3. The first-order chi connectivity index (χ1) is 14.5. The Hall–Kier alpha value is -1.98. The molecule has 152 valence electrons. The van der Waals surface area contributed by atoms with Gasteiger partial charge in [0, 0.05) is 0 Å². The highest BCUT2D eigenvalue weighted by atomic mass is 15.2. The van der Waals surface area contributed by atoms with Crippen LogP contribution < -0.4 is 27.7 Å². The summed E-state index contributed by atoms with van der Waals surface area (Å²) in [4.78, 5) is 16.2. The first kappa shape index (κ1) is 21.3.